The van der Waals surface area contributed by atoms with E-state index < -0.39 is 0 Å². The van der Waals surface area contributed by atoms with Gasteiger partial charge in [-0.3, -0.25) is 19.3 Å². The first-order valence-corrected chi connectivity index (χ1v) is 10.6. The van der Waals surface area contributed by atoms with Gasteiger partial charge in [-0.15, -0.1) is 0 Å². The van der Waals surface area contributed by atoms with Gasteiger partial charge in [-0.05, 0) is 43.2 Å². The van der Waals surface area contributed by atoms with Crippen LogP contribution in [0, 0.1) is 23.7 Å². The summed E-state index contributed by atoms with van der Waals surface area (Å²) in [6, 6.07) is 9.83. The van der Waals surface area contributed by atoms with Crippen molar-refractivity contribution in [2.75, 3.05) is 11.4 Å². The highest BCUT2D eigenvalue weighted by molar-refractivity contribution is 6.10. The van der Waals surface area contributed by atoms with Crippen LogP contribution >= 0.6 is 0 Å². The monoisotopic (exact) mass is 378 g/mol. The van der Waals surface area contributed by atoms with E-state index in [0.29, 0.717) is 0 Å². The van der Waals surface area contributed by atoms with E-state index in [4.69, 9.17) is 0 Å². The molecule has 4 aliphatic rings. The third-order valence-electron chi connectivity index (χ3n) is 7.10. The van der Waals surface area contributed by atoms with Crippen molar-refractivity contribution in [3.05, 3.63) is 42.5 Å². The van der Waals surface area contributed by atoms with E-state index in [1.807, 2.05) is 35.2 Å². The van der Waals surface area contributed by atoms with Gasteiger partial charge in [0, 0.05) is 11.7 Å². The van der Waals surface area contributed by atoms with E-state index >= 15 is 0 Å². The molecule has 0 N–H and O–H groups in total. The molecule has 1 heterocycles. The normalized spacial score (nSPS) is 31.5. The molecule has 2 bridgehead atoms. The highest BCUT2D eigenvalue weighted by Gasteiger charge is 2.59. The van der Waals surface area contributed by atoms with Crippen molar-refractivity contribution in [1.29, 1.82) is 0 Å². The van der Waals surface area contributed by atoms with Crippen LogP contribution in [0.1, 0.15) is 38.5 Å². The average Bonchev–Trinajstić information content (AvgIpc) is 3.40. The van der Waals surface area contributed by atoms with Crippen LogP contribution in [0.2, 0.25) is 0 Å². The van der Waals surface area contributed by atoms with Gasteiger partial charge in [-0.25, -0.2) is 0 Å². The first-order valence-electron chi connectivity index (χ1n) is 10.6. The Morgan fingerprint density at radius 3 is 2.14 bits per heavy atom. The number of para-hydroxylation sites is 1. The Morgan fingerprint density at radius 1 is 0.929 bits per heavy atom. The zero-order valence-corrected chi connectivity index (χ0v) is 16.0. The van der Waals surface area contributed by atoms with Crippen molar-refractivity contribution in [3.8, 4) is 0 Å². The number of imide groups is 1. The number of carbonyl (C=O) groups excluding carboxylic acids is 3. The van der Waals surface area contributed by atoms with E-state index in [1.54, 1.807) is 0 Å². The molecule has 1 aliphatic heterocycles. The number of amides is 3. The average molecular weight is 378 g/mol. The van der Waals surface area contributed by atoms with Crippen LogP contribution < -0.4 is 4.90 Å². The Balaban J connectivity index is 1.38. The SMILES string of the molecule is O=C1[C@@H]2[C@H](C(=O)N1CC(=O)N(c1ccccc1)C1CCCCC1)[C@H]1C=C[C@H]2C1. The fraction of sp³-hybridized carbons (Fsp3) is 0.522. The van der Waals surface area contributed by atoms with Crippen LogP contribution in [0.4, 0.5) is 5.69 Å². The lowest BCUT2D eigenvalue weighted by molar-refractivity contribution is -0.143. The molecule has 1 aromatic rings. The molecule has 28 heavy (non-hydrogen) atoms. The number of anilines is 1. The first kappa shape index (κ1) is 17.7. The smallest absolute Gasteiger partial charge is 0.247 e. The largest absolute Gasteiger partial charge is 0.308 e. The van der Waals surface area contributed by atoms with Crippen molar-refractivity contribution < 1.29 is 14.4 Å². The number of allylic oxidation sites excluding steroid dienone is 2. The highest BCUT2D eigenvalue weighted by Crippen LogP contribution is 2.52. The van der Waals surface area contributed by atoms with Crippen LogP contribution in [-0.2, 0) is 14.4 Å². The van der Waals surface area contributed by atoms with Gasteiger partial charge in [0.05, 0.1) is 11.8 Å². The number of likely N-dealkylation sites (tertiary alicyclic amines) is 1. The van der Waals surface area contributed by atoms with Crippen LogP contribution in [0.5, 0.6) is 0 Å². The van der Waals surface area contributed by atoms with Gasteiger partial charge >= 0.3 is 0 Å². The van der Waals surface area contributed by atoms with Crippen molar-refractivity contribution in [2.45, 2.75) is 44.6 Å². The summed E-state index contributed by atoms with van der Waals surface area (Å²) in [6.45, 7) is -0.129. The standard InChI is InChI=1S/C23H26N2O3/c26-19(25(17-7-3-1-4-8-17)18-9-5-2-6-10-18)14-24-22(27)20-15-11-12-16(13-15)21(20)23(24)28/h1,3-4,7-8,11-12,15-16,18,20-21H,2,5-6,9-10,13-14H2/t15-,16-,20-,21+/m0/s1. The van der Waals surface area contributed by atoms with Crippen LogP contribution in [0.25, 0.3) is 0 Å². The maximum Gasteiger partial charge on any atom is 0.247 e. The molecule has 3 aliphatic carbocycles. The summed E-state index contributed by atoms with van der Waals surface area (Å²) in [5.41, 5.74) is 0.862. The molecule has 0 aromatic heterocycles. The second kappa shape index (κ2) is 6.87. The lowest BCUT2D eigenvalue weighted by atomic mass is 9.85. The summed E-state index contributed by atoms with van der Waals surface area (Å²) in [5, 5.41) is 0. The van der Waals surface area contributed by atoms with Gasteiger partial charge < -0.3 is 4.90 Å². The summed E-state index contributed by atoms with van der Waals surface area (Å²) in [5.74, 6) is -0.552. The highest BCUT2D eigenvalue weighted by atomic mass is 16.2. The Bertz CT molecular complexity index is 798. The molecule has 0 radical (unpaired) electrons. The molecule has 5 heteroatoms. The Kier molecular flexibility index (Phi) is 4.33. The lowest BCUT2D eigenvalue weighted by Gasteiger charge is -2.35. The fourth-order valence-electron chi connectivity index (χ4n) is 5.82. The van der Waals surface area contributed by atoms with E-state index in [9.17, 15) is 14.4 Å². The van der Waals surface area contributed by atoms with Crippen molar-refractivity contribution >= 4 is 23.4 Å². The van der Waals surface area contributed by atoms with Crippen LogP contribution in [0.15, 0.2) is 42.5 Å². The Labute approximate surface area is 165 Å². The van der Waals surface area contributed by atoms with Crippen molar-refractivity contribution in [1.82, 2.24) is 4.90 Å². The van der Waals surface area contributed by atoms with Gasteiger partial charge in [-0.2, -0.15) is 0 Å². The fourth-order valence-corrected chi connectivity index (χ4v) is 5.82. The summed E-state index contributed by atoms with van der Waals surface area (Å²) < 4.78 is 0. The molecule has 4 atom stereocenters. The van der Waals surface area contributed by atoms with Gasteiger partial charge in [0.1, 0.15) is 6.54 Å². The topological polar surface area (TPSA) is 57.7 Å². The zero-order chi connectivity index (χ0) is 19.3. The predicted octanol–water partition coefficient (Wildman–Crippen LogP) is 3.16. The number of hydrogen-bond acceptors (Lipinski definition) is 3. The summed E-state index contributed by atoms with van der Waals surface area (Å²) in [6.07, 6.45) is 10.5. The van der Waals surface area contributed by atoms with Crippen molar-refractivity contribution in [3.63, 3.8) is 0 Å². The zero-order valence-electron chi connectivity index (χ0n) is 16.0. The molecule has 5 rings (SSSR count). The molecule has 2 saturated carbocycles. The molecule has 1 aromatic carbocycles. The van der Waals surface area contributed by atoms with Crippen LogP contribution in [0.3, 0.4) is 0 Å². The number of benzene rings is 1. The summed E-state index contributed by atoms with van der Waals surface area (Å²) in [7, 11) is 0. The maximum absolute atomic E-state index is 13.4. The number of hydrogen-bond donors (Lipinski definition) is 0. The number of fused-ring (bicyclic) bond motifs is 5. The van der Waals surface area contributed by atoms with Gasteiger partial charge in [0.15, 0.2) is 0 Å². The van der Waals surface area contributed by atoms with Crippen molar-refractivity contribution in [2.24, 2.45) is 23.7 Å². The van der Waals surface area contributed by atoms with Gasteiger partial charge in [0.25, 0.3) is 0 Å². The predicted molar refractivity (Wildman–Crippen MR) is 105 cm³/mol. The summed E-state index contributed by atoms with van der Waals surface area (Å²) >= 11 is 0. The Morgan fingerprint density at radius 2 is 1.54 bits per heavy atom. The number of rotatable bonds is 4. The van der Waals surface area contributed by atoms with Crippen LogP contribution in [-0.4, -0.2) is 35.2 Å². The minimum Gasteiger partial charge on any atom is -0.308 e. The number of carbonyl (C=O) groups is 3. The lowest BCUT2D eigenvalue weighted by Crippen LogP contribution is -2.48. The molecule has 0 unspecified atom stereocenters. The molecule has 3 amide bonds. The van der Waals surface area contributed by atoms with Gasteiger partial charge in [0.2, 0.25) is 17.7 Å². The maximum atomic E-state index is 13.4. The molecular weight excluding hydrogens is 352 g/mol. The minimum atomic E-state index is -0.241. The molecule has 1 saturated heterocycles. The third-order valence-corrected chi connectivity index (χ3v) is 7.10. The minimum absolute atomic E-state index is 0.129. The van der Waals surface area contributed by atoms with E-state index in [0.717, 1.165) is 37.8 Å². The van der Waals surface area contributed by atoms with E-state index in [1.165, 1.54) is 11.3 Å². The second-order valence-corrected chi connectivity index (χ2v) is 8.65. The van der Waals surface area contributed by atoms with E-state index in [-0.39, 0.29) is 54.0 Å². The molecule has 0 spiro atoms. The molecule has 5 nitrogen and oxygen atoms in total. The van der Waals surface area contributed by atoms with Gasteiger partial charge in [-0.1, -0.05) is 49.6 Å². The third kappa shape index (κ3) is 2.71. The Hall–Kier alpha value is -2.43. The number of nitrogens with zero attached hydrogens (tertiary/aromatic N) is 2. The molecular formula is C23H26N2O3. The quantitative estimate of drug-likeness (QED) is 0.597. The first-order chi connectivity index (χ1) is 13.6. The van der Waals surface area contributed by atoms with E-state index in [2.05, 4.69) is 12.2 Å². The molecule has 146 valence electrons. The molecule has 3 fully saturated rings. The summed E-state index contributed by atoms with van der Waals surface area (Å²) in [4.78, 5) is 42.4. The second-order valence-electron chi connectivity index (χ2n) is 8.65.